The molecule has 22 heavy (non-hydrogen) atoms. The lowest BCUT2D eigenvalue weighted by Gasteiger charge is -2.14. The molecule has 7 heteroatoms. The quantitative estimate of drug-likeness (QED) is 0.770. The van der Waals surface area contributed by atoms with Gasteiger partial charge in [-0.15, -0.1) is 0 Å². The first-order chi connectivity index (χ1) is 10.6. The number of H-pyrrole nitrogens is 1. The van der Waals surface area contributed by atoms with Crippen molar-refractivity contribution in [2.75, 3.05) is 0 Å². The minimum Gasteiger partial charge on any atom is -0.352 e. The highest BCUT2D eigenvalue weighted by molar-refractivity contribution is 5.90. The SMILES string of the molecule is CC(C)NC(=O)C(C)n1cc(-c2ncnc3[nH]ccc23)cn1. The highest BCUT2D eigenvalue weighted by Gasteiger charge is 2.18. The summed E-state index contributed by atoms with van der Waals surface area (Å²) in [7, 11) is 0. The Kier molecular flexibility index (Phi) is 3.62. The lowest BCUT2D eigenvalue weighted by atomic mass is 10.2. The molecule has 3 heterocycles. The number of nitrogens with one attached hydrogen (secondary N) is 2. The van der Waals surface area contributed by atoms with E-state index in [0.29, 0.717) is 0 Å². The van der Waals surface area contributed by atoms with Crippen molar-refractivity contribution < 1.29 is 4.79 Å². The summed E-state index contributed by atoms with van der Waals surface area (Å²) in [4.78, 5) is 23.6. The van der Waals surface area contributed by atoms with Crippen LogP contribution in [0, 0.1) is 0 Å². The molecular formula is C15H18N6O. The van der Waals surface area contributed by atoms with Crippen LogP contribution in [0.2, 0.25) is 0 Å². The Labute approximate surface area is 127 Å². The van der Waals surface area contributed by atoms with Gasteiger partial charge in [-0.2, -0.15) is 5.10 Å². The van der Waals surface area contributed by atoms with Gasteiger partial charge in [-0.05, 0) is 26.8 Å². The van der Waals surface area contributed by atoms with Gasteiger partial charge >= 0.3 is 0 Å². The molecule has 0 saturated heterocycles. The summed E-state index contributed by atoms with van der Waals surface area (Å²) in [5.41, 5.74) is 2.44. The Balaban J connectivity index is 1.91. The predicted octanol–water partition coefficient (Wildman–Crippen LogP) is 1.91. The molecule has 0 aliphatic heterocycles. The topological polar surface area (TPSA) is 88.5 Å². The molecule has 0 saturated carbocycles. The number of hydrogen-bond donors (Lipinski definition) is 2. The van der Waals surface area contributed by atoms with E-state index < -0.39 is 0 Å². The molecule has 0 radical (unpaired) electrons. The van der Waals surface area contributed by atoms with Crippen molar-refractivity contribution in [2.45, 2.75) is 32.9 Å². The maximum Gasteiger partial charge on any atom is 0.244 e. The van der Waals surface area contributed by atoms with Crippen LogP contribution in [-0.4, -0.2) is 36.7 Å². The smallest absolute Gasteiger partial charge is 0.244 e. The van der Waals surface area contributed by atoms with E-state index in [1.807, 2.05) is 39.2 Å². The first-order valence-corrected chi connectivity index (χ1v) is 7.19. The van der Waals surface area contributed by atoms with Crippen LogP contribution in [0.25, 0.3) is 22.3 Å². The molecule has 1 unspecified atom stereocenters. The lowest BCUT2D eigenvalue weighted by Crippen LogP contribution is -2.35. The van der Waals surface area contributed by atoms with E-state index in [4.69, 9.17) is 0 Å². The number of amides is 1. The van der Waals surface area contributed by atoms with Gasteiger partial charge in [0, 0.05) is 29.4 Å². The third-order valence-electron chi connectivity index (χ3n) is 3.44. The van der Waals surface area contributed by atoms with Gasteiger partial charge in [0.25, 0.3) is 0 Å². The fraction of sp³-hybridized carbons (Fsp3) is 0.333. The second kappa shape index (κ2) is 5.59. The normalized spacial score (nSPS) is 12.7. The van der Waals surface area contributed by atoms with Crippen LogP contribution in [0.15, 0.2) is 31.0 Å². The van der Waals surface area contributed by atoms with Gasteiger partial charge in [0.1, 0.15) is 18.0 Å². The van der Waals surface area contributed by atoms with Gasteiger partial charge in [-0.1, -0.05) is 0 Å². The molecule has 0 aromatic carbocycles. The fourth-order valence-electron chi connectivity index (χ4n) is 2.30. The van der Waals surface area contributed by atoms with E-state index in [1.165, 1.54) is 6.33 Å². The Hall–Kier alpha value is -2.70. The number of carbonyl (C=O) groups excluding carboxylic acids is 1. The number of fused-ring (bicyclic) bond motifs is 1. The van der Waals surface area contributed by atoms with E-state index in [1.54, 1.807) is 10.9 Å². The molecule has 3 aromatic rings. The van der Waals surface area contributed by atoms with Crippen LogP contribution >= 0.6 is 0 Å². The summed E-state index contributed by atoms with van der Waals surface area (Å²) < 4.78 is 1.65. The van der Waals surface area contributed by atoms with E-state index >= 15 is 0 Å². The van der Waals surface area contributed by atoms with Crippen LogP contribution in [0.1, 0.15) is 26.8 Å². The van der Waals surface area contributed by atoms with Crippen LogP contribution in [0.4, 0.5) is 0 Å². The first kappa shape index (κ1) is 14.2. The monoisotopic (exact) mass is 298 g/mol. The van der Waals surface area contributed by atoms with Crippen molar-refractivity contribution in [3.8, 4) is 11.3 Å². The third kappa shape index (κ3) is 2.57. The Morgan fingerprint density at radius 3 is 2.91 bits per heavy atom. The van der Waals surface area contributed by atoms with Gasteiger partial charge in [0.05, 0.1) is 11.9 Å². The molecule has 0 fully saturated rings. The number of carbonyl (C=O) groups is 1. The largest absolute Gasteiger partial charge is 0.352 e. The molecule has 2 N–H and O–H groups in total. The molecule has 1 atom stereocenters. The van der Waals surface area contributed by atoms with Crippen molar-refractivity contribution in [2.24, 2.45) is 0 Å². The van der Waals surface area contributed by atoms with Crippen molar-refractivity contribution in [1.82, 2.24) is 30.0 Å². The minimum absolute atomic E-state index is 0.0564. The summed E-state index contributed by atoms with van der Waals surface area (Å²) >= 11 is 0. The standard InChI is InChI=1S/C15H18N6O/c1-9(2)20-15(22)10(3)21-7-11(6-19-21)13-12-4-5-16-14(12)18-8-17-13/h4-10H,1-3H3,(H,20,22)(H,16,17,18). The number of rotatable bonds is 4. The van der Waals surface area contributed by atoms with Gasteiger partial charge in [0.15, 0.2) is 0 Å². The highest BCUT2D eigenvalue weighted by Crippen LogP contribution is 2.24. The van der Waals surface area contributed by atoms with E-state index in [0.717, 1.165) is 22.3 Å². The summed E-state index contributed by atoms with van der Waals surface area (Å²) in [5.74, 6) is -0.0564. The molecule has 1 amide bonds. The minimum atomic E-state index is -0.375. The molecule has 114 valence electrons. The summed E-state index contributed by atoms with van der Waals surface area (Å²) in [6.45, 7) is 5.69. The molecule has 3 aromatic heterocycles. The number of aromatic amines is 1. The van der Waals surface area contributed by atoms with Crippen molar-refractivity contribution in [3.05, 3.63) is 31.0 Å². The van der Waals surface area contributed by atoms with Crippen molar-refractivity contribution in [3.63, 3.8) is 0 Å². The average Bonchev–Trinajstić information content (AvgIpc) is 3.14. The Morgan fingerprint density at radius 2 is 2.14 bits per heavy atom. The average molecular weight is 298 g/mol. The van der Waals surface area contributed by atoms with Crippen LogP contribution in [-0.2, 0) is 4.79 Å². The molecule has 7 nitrogen and oxygen atoms in total. The summed E-state index contributed by atoms with van der Waals surface area (Å²) in [6.07, 6.45) is 6.89. The third-order valence-corrected chi connectivity index (χ3v) is 3.44. The number of aromatic nitrogens is 5. The lowest BCUT2D eigenvalue weighted by molar-refractivity contribution is -0.124. The summed E-state index contributed by atoms with van der Waals surface area (Å²) in [5, 5.41) is 8.11. The van der Waals surface area contributed by atoms with E-state index in [-0.39, 0.29) is 18.0 Å². The van der Waals surface area contributed by atoms with E-state index in [2.05, 4.69) is 25.4 Å². The Morgan fingerprint density at radius 1 is 1.32 bits per heavy atom. The Bertz CT molecular complexity index is 803. The zero-order chi connectivity index (χ0) is 15.7. The second-order valence-electron chi connectivity index (χ2n) is 5.51. The van der Waals surface area contributed by atoms with Crippen LogP contribution in [0.5, 0.6) is 0 Å². The van der Waals surface area contributed by atoms with Crippen molar-refractivity contribution >= 4 is 16.9 Å². The van der Waals surface area contributed by atoms with E-state index in [9.17, 15) is 4.79 Å². The highest BCUT2D eigenvalue weighted by atomic mass is 16.2. The zero-order valence-electron chi connectivity index (χ0n) is 12.7. The summed E-state index contributed by atoms with van der Waals surface area (Å²) in [6, 6.07) is 1.66. The molecule has 0 bridgehead atoms. The van der Waals surface area contributed by atoms with Crippen LogP contribution < -0.4 is 5.32 Å². The first-order valence-electron chi connectivity index (χ1n) is 7.19. The zero-order valence-corrected chi connectivity index (χ0v) is 12.7. The number of nitrogens with zero attached hydrogens (tertiary/aromatic N) is 4. The second-order valence-corrected chi connectivity index (χ2v) is 5.51. The molecular weight excluding hydrogens is 280 g/mol. The maximum atomic E-state index is 12.1. The molecule has 0 spiro atoms. The van der Waals surface area contributed by atoms with Gasteiger partial charge < -0.3 is 10.3 Å². The van der Waals surface area contributed by atoms with Gasteiger partial charge in [0.2, 0.25) is 5.91 Å². The maximum absolute atomic E-state index is 12.1. The fourth-order valence-corrected chi connectivity index (χ4v) is 2.30. The van der Waals surface area contributed by atoms with Gasteiger partial charge in [-0.25, -0.2) is 9.97 Å². The number of hydrogen-bond acceptors (Lipinski definition) is 4. The molecule has 0 aliphatic rings. The molecule has 3 rings (SSSR count). The van der Waals surface area contributed by atoms with Crippen LogP contribution in [0.3, 0.4) is 0 Å². The van der Waals surface area contributed by atoms with Crippen molar-refractivity contribution in [1.29, 1.82) is 0 Å². The predicted molar refractivity (Wildman–Crippen MR) is 83.1 cm³/mol. The van der Waals surface area contributed by atoms with Gasteiger partial charge in [-0.3, -0.25) is 9.48 Å². The molecule has 0 aliphatic carbocycles.